The number of carbonyl (C=O) groups is 3. The van der Waals surface area contributed by atoms with Crippen LogP contribution in [0.25, 0.3) is 0 Å². The molecular weight excluding hydrogens is 350 g/mol. The second-order valence-corrected chi connectivity index (χ2v) is 7.21. The van der Waals surface area contributed by atoms with Crippen molar-refractivity contribution in [3.05, 3.63) is 59.7 Å². The smallest absolute Gasteiger partial charge is 0.295 e. The molecule has 0 radical (unpaired) electrons. The molecule has 26 heavy (non-hydrogen) atoms. The van der Waals surface area contributed by atoms with E-state index in [0.29, 0.717) is 11.4 Å². The highest BCUT2D eigenvalue weighted by Gasteiger charge is 2.44. The lowest BCUT2D eigenvalue weighted by Crippen LogP contribution is -2.45. The molecule has 6 nitrogen and oxygen atoms in total. The summed E-state index contributed by atoms with van der Waals surface area (Å²) in [5.41, 5.74) is 8.64. The molecule has 0 aromatic heterocycles. The van der Waals surface area contributed by atoms with Gasteiger partial charge >= 0.3 is 0 Å². The van der Waals surface area contributed by atoms with Crippen LogP contribution in [0.4, 0.5) is 16.2 Å². The maximum Gasteiger partial charge on any atom is 0.295 e. The number of nitrogens with zero attached hydrogens (tertiary/aromatic N) is 2. The van der Waals surface area contributed by atoms with Crippen LogP contribution in [0, 0.1) is 13.8 Å². The van der Waals surface area contributed by atoms with Crippen molar-refractivity contribution in [3.63, 3.8) is 0 Å². The number of thioether (sulfide) groups is 1. The predicted molar refractivity (Wildman–Crippen MR) is 103 cm³/mol. The minimum atomic E-state index is -0.834. The van der Waals surface area contributed by atoms with E-state index in [2.05, 4.69) is 0 Å². The van der Waals surface area contributed by atoms with E-state index < -0.39 is 11.3 Å². The number of hydrogen-bond acceptors (Lipinski definition) is 5. The Labute approximate surface area is 156 Å². The van der Waals surface area contributed by atoms with Gasteiger partial charge in [0.05, 0.1) is 12.2 Å². The molecule has 1 saturated heterocycles. The number of hydrogen-bond donors (Lipinski definition) is 1. The van der Waals surface area contributed by atoms with Gasteiger partial charge in [-0.05, 0) is 49.9 Å². The number of aryl methyl sites for hydroxylation is 2. The summed E-state index contributed by atoms with van der Waals surface area (Å²) in [6.07, 6.45) is 0. The van der Waals surface area contributed by atoms with Crippen LogP contribution in [-0.2, 0) is 9.59 Å². The van der Waals surface area contributed by atoms with E-state index in [1.165, 1.54) is 0 Å². The highest BCUT2D eigenvalue weighted by atomic mass is 32.2. The van der Waals surface area contributed by atoms with Gasteiger partial charge in [0.1, 0.15) is 0 Å². The molecule has 0 saturated carbocycles. The van der Waals surface area contributed by atoms with E-state index >= 15 is 0 Å². The molecule has 1 unspecified atom stereocenters. The third-order valence-corrected chi connectivity index (χ3v) is 5.16. The van der Waals surface area contributed by atoms with Gasteiger partial charge in [-0.2, -0.15) is 0 Å². The van der Waals surface area contributed by atoms with Crippen LogP contribution in [0.1, 0.15) is 11.1 Å². The molecular formula is C19H19N3O3S. The second-order valence-electron chi connectivity index (χ2n) is 6.18. The highest BCUT2D eigenvalue weighted by Crippen LogP contribution is 2.35. The molecule has 2 aromatic carbocycles. The van der Waals surface area contributed by atoms with Crippen LogP contribution >= 0.6 is 11.8 Å². The molecule has 0 bridgehead atoms. The van der Waals surface area contributed by atoms with Gasteiger partial charge in [0, 0.05) is 5.69 Å². The maximum absolute atomic E-state index is 13.0. The molecule has 1 fully saturated rings. The third kappa shape index (κ3) is 3.57. The van der Waals surface area contributed by atoms with Gasteiger partial charge < -0.3 is 10.6 Å². The molecule has 2 aromatic rings. The summed E-state index contributed by atoms with van der Waals surface area (Å²) in [6, 6.07) is 14.5. The summed E-state index contributed by atoms with van der Waals surface area (Å²) in [6.45, 7) is 3.72. The fraction of sp³-hybridized carbons (Fsp3) is 0.211. The van der Waals surface area contributed by atoms with Crippen LogP contribution < -0.4 is 15.5 Å². The standard InChI is InChI=1S/C19H19N3O3S/c1-12-3-7-14(8-4-12)21(11-16(20)23)18-17(24)22(19(25)26-18)15-9-5-13(2)6-10-15/h3-10,18H,11H2,1-2H3,(H2,20,23). The van der Waals surface area contributed by atoms with E-state index in [9.17, 15) is 14.4 Å². The zero-order chi connectivity index (χ0) is 18.8. The SMILES string of the molecule is Cc1ccc(N2C(=O)SC(N(CC(N)=O)c3ccc(C)cc3)C2=O)cc1. The fourth-order valence-corrected chi connectivity index (χ4v) is 3.76. The monoisotopic (exact) mass is 369 g/mol. The van der Waals surface area contributed by atoms with Crippen molar-refractivity contribution in [1.29, 1.82) is 0 Å². The second kappa shape index (κ2) is 7.21. The average Bonchev–Trinajstić information content (AvgIpc) is 2.89. The summed E-state index contributed by atoms with van der Waals surface area (Å²) in [5, 5.41) is -1.20. The summed E-state index contributed by atoms with van der Waals surface area (Å²) in [7, 11) is 0. The zero-order valence-electron chi connectivity index (χ0n) is 14.5. The lowest BCUT2D eigenvalue weighted by Gasteiger charge is -2.27. The molecule has 0 spiro atoms. The molecule has 1 heterocycles. The quantitative estimate of drug-likeness (QED) is 0.876. The largest absolute Gasteiger partial charge is 0.368 e. The molecule has 3 rings (SSSR count). The minimum Gasteiger partial charge on any atom is -0.368 e. The number of anilines is 2. The third-order valence-electron chi connectivity index (χ3n) is 4.09. The van der Waals surface area contributed by atoms with E-state index in [0.717, 1.165) is 27.8 Å². The summed E-state index contributed by atoms with van der Waals surface area (Å²) < 4.78 is 0. The number of amides is 3. The molecule has 0 aliphatic carbocycles. The molecule has 3 amide bonds. The van der Waals surface area contributed by atoms with E-state index in [-0.39, 0.29) is 17.7 Å². The first kappa shape index (κ1) is 18.0. The maximum atomic E-state index is 13.0. The first-order chi connectivity index (χ1) is 12.4. The van der Waals surface area contributed by atoms with E-state index in [4.69, 9.17) is 5.73 Å². The van der Waals surface area contributed by atoms with Crippen molar-refractivity contribution in [3.8, 4) is 0 Å². The fourth-order valence-electron chi connectivity index (χ4n) is 2.74. The van der Waals surface area contributed by atoms with Gasteiger partial charge in [0.15, 0.2) is 5.37 Å². The van der Waals surface area contributed by atoms with Gasteiger partial charge in [-0.15, -0.1) is 0 Å². The van der Waals surface area contributed by atoms with Gasteiger partial charge in [0.25, 0.3) is 11.1 Å². The number of benzene rings is 2. The van der Waals surface area contributed by atoms with Crippen LogP contribution in [0.2, 0.25) is 0 Å². The molecule has 1 aliphatic heterocycles. The lowest BCUT2D eigenvalue weighted by atomic mass is 10.2. The van der Waals surface area contributed by atoms with Crippen molar-refractivity contribution < 1.29 is 14.4 Å². The summed E-state index contributed by atoms with van der Waals surface area (Å²) >= 11 is 0.886. The lowest BCUT2D eigenvalue weighted by molar-refractivity contribution is -0.117. The number of rotatable bonds is 5. The summed E-state index contributed by atoms with van der Waals surface area (Å²) in [5.74, 6) is -0.953. The topological polar surface area (TPSA) is 83.7 Å². The predicted octanol–water partition coefficient (Wildman–Crippen LogP) is 2.82. The van der Waals surface area contributed by atoms with E-state index in [1.807, 2.05) is 50.2 Å². The first-order valence-electron chi connectivity index (χ1n) is 8.09. The van der Waals surface area contributed by atoms with Crippen molar-refractivity contribution in [1.82, 2.24) is 0 Å². The Morgan fingerprint density at radius 1 is 1.04 bits per heavy atom. The van der Waals surface area contributed by atoms with Crippen LogP contribution in [0.15, 0.2) is 48.5 Å². The number of imide groups is 1. The van der Waals surface area contributed by atoms with Gasteiger partial charge in [-0.25, -0.2) is 4.90 Å². The number of primary amides is 1. The van der Waals surface area contributed by atoms with Gasteiger partial charge in [0.2, 0.25) is 5.91 Å². The number of carbonyl (C=O) groups excluding carboxylic acids is 3. The molecule has 134 valence electrons. The Morgan fingerprint density at radius 3 is 2.12 bits per heavy atom. The Kier molecular flexibility index (Phi) is 4.99. The Bertz CT molecular complexity index is 849. The Morgan fingerprint density at radius 2 is 1.58 bits per heavy atom. The van der Waals surface area contributed by atoms with Crippen molar-refractivity contribution in [2.45, 2.75) is 19.2 Å². The molecule has 2 N–H and O–H groups in total. The van der Waals surface area contributed by atoms with Crippen molar-refractivity contribution >= 4 is 40.2 Å². The van der Waals surface area contributed by atoms with E-state index in [1.54, 1.807) is 17.0 Å². The number of nitrogens with two attached hydrogens (primary N) is 1. The van der Waals surface area contributed by atoms with Gasteiger partial charge in [-0.1, -0.05) is 35.4 Å². The zero-order valence-corrected chi connectivity index (χ0v) is 15.3. The highest BCUT2D eigenvalue weighted by molar-refractivity contribution is 8.16. The molecule has 1 aliphatic rings. The normalized spacial score (nSPS) is 16.8. The van der Waals surface area contributed by atoms with Crippen LogP contribution in [0.3, 0.4) is 0 Å². The summed E-state index contributed by atoms with van der Waals surface area (Å²) in [4.78, 5) is 39.7. The van der Waals surface area contributed by atoms with Crippen molar-refractivity contribution in [2.24, 2.45) is 5.73 Å². The molecule has 7 heteroatoms. The van der Waals surface area contributed by atoms with Gasteiger partial charge in [-0.3, -0.25) is 14.4 Å². The van der Waals surface area contributed by atoms with Crippen LogP contribution in [0.5, 0.6) is 0 Å². The Balaban J connectivity index is 1.93. The van der Waals surface area contributed by atoms with Crippen LogP contribution in [-0.4, -0.2) is 29.0 Å². The first-order valence-corrected chi connectivity index (χ1v) is 8.97. The molecule has 1 atom stereocenters. The average molecular weight is 369 g/mol. The minimum absolute atomic E-state index is 0.151. The van der Waals surface area contributed by atoms with Crippen molar-refractivity contribution in [2.75, 3.05) is 16.3 Å². The Hall–Kier alpha value is -2.80.